The summed E-state index contributed by atoms with van der Waals surface area (Å²) in [5, 5.41) is 7.56. The average Bonchev–Trinajstić information content (AvgIpc) is 2.46. The number of rotatable bonds is 4. The van der Waals surface area contributed by atoms with Crippen molar-refractivity contribution in [1.82, 2.24) is 4.98 Å². The summed E-state index contributed by atoms with van der Waals surface area (Å²) < 4.78 is 22.7. The third-order valence-corrected chi connectivity index (χ3v) is 4.64. The molecule has 2 amide bonds. The van der Waals surface area contributed by atoms with Gasteiger partial charge < -0.3 is 11.1 Å². The lowest BCUT2D eigenvalue weighted by molar-refractivity contribution is 0.0998. The van der Waals surface area contributed by atoms with Crippen LogP contribution in [0, 0.1) is 0 Å². The maximum absolute atomic E-state index is 12.1. The van der Waals surface area contributed by atoms with Gasteiger partial charge in [-0.3, -0.25) is 9.59 Å². The number of primary amides is 1. The maximum atomic E-state index is 12.1. The molecule has 2 aromatic rings. The number of pyridine rings is 1. The molecule has 0 saturated heterocycles. The van der Waals surface area contributed by atoms with Crippen molar-refractivity contribution in [2.24, 2.45) is 10.9 Å². The lowest BCUT2D eigenvalue weighted by atomic mass is 10.2. The molecule has 1 aromatic heterocycles. The molecule has 0 unspecified atom stereocenters. The summed E-state index contributed by atoms with van der Waals surface area (Å²) in [6.07, 6.45) is 0.991. The number of halogens is 1. The zero-order valence-corrected chi connectivity index (χ0v) is 13.9. The van der Waals surface area contributed by atoms with E-state index in [0.29, 0.717) is 11.3 Å². The van der Waals surface area contributed by atoms with Crippen LogP contribution >= 0.6 is 15.9 Å². The molecular weight excluding hydrogens is 388 g/mol. The number of nitrogens with zero attached hydrogens (tertiary/aromatic N) is 1. The first-order valence-electron chi connectivity index (χ1n) is 6.08. The first-order chi connectivity index (χ1) is 10.7. The highest BCUT2D eigenvalue weighted by atomic mass is 79.9. The van der Waals surface area contributed by atoms with Crippen molar-refractivity contribution in [2.45, 2.75) is 4.90 Å². The number of nitrogens with one attached hydrogen (secondary N) is 1. The largest absolute Gasteiger partial charge is 0.366 e. The van der Waals surface area contributed by atoms with Crippen molar-refractivity contribution < 1.29 is 18.0 Å². The first kappa shape index (κ1) is 17.1. The molecule has 0 aliphatic carbocycles. The van der Waals surface area contributed by atoms with E-state index in [1.54, 1.807) is 0 Å². The smallest absolute Gasteiger partial charge is 0.274 e. The molecular formula is C13H11BrN4O4S. The van der Waals surface area contributed by atoms with Gasteiger partial charge >= 0.3 is 0 Å². The second kappa shape index (κ2) is 6.44. The lowest BCUT2D eigenvalue weighted by Crippen LogP contribution is -2.17. The number of hydrogen-bond donors (Lipinski definition) is 3. The summed E-state index contributed by atoms with van der Waals surface area (Å²) in [4.78, 5) is 26.6. The van der Waals surface area contributed by atoms with Crippen molar-refractivity contribution in [3.8, 4) is 0 Å². The van der Waals surface area contributed by atoms with Crippen molar-refractivity contribution in [1.29, 1.82) is 0 Å². The predicted octanol–water partition coefficient (Wildman–Crippen LogP) is 0.843. The molecule has 0 atom stereocenters. The Morgan fingerprint density at radius 2 is 1.78 bits per heavy atom. The standard InChI is InChI=1S/C13H11BrN4O4S/c14-9-5-10(17-6-11(9)23(16,21)22)13(20)18-8-3-1-7(2-4-8)12(15)19/h1-6H,(H2,15,19)(H,18,20)(H2,16,21,22). The van der Waals surface area contributed by atoms with E-state index in [-0.39, 0.29) is 15.1 Å². The molecule has 0 saturated carbocycles. The van der Waals surface area contributed by atoms with Crippen LogP contribution in [0.5, 0.6) is 0 Å². The molecule has 5 N–H and O–H groups in total. The van der Waals surface area contributed by atoms with Gasteiger partial charge in [0.15, 0.2) is 0 Å². The van der Waals surface area contributed by atoms with Crippen LogP contribution in [0.25, 0.3) is 0 Å². The van der Waals surface area contributed by atoms with Crippen molar-refractivity contribution in [3.63, 3.8) is 0 Å². The zero-order valence-electron chi connectivity index (χ0n) is 11.5. The number of carbonyl (C=O) groups is 2. The minimum Gasteiger partial charge on any atom is -0.366 e. The number of nitrogens with two attached hydrogens (primary N) is 2. The number of carbonyl (C=O) groups excluding carboxylic acids is 2. The summed E-state index contributed by atoms with van der Waals surface area (Å²) in [6, 6.07) is 7.18. The average molecular weight is 399 g/mol. The fraction of sp³-hybridized carbons (Fsp3) is 0. The number of benzene rings is 1. The summed E-state index contributed by atoms with van der Waals surface area (Å²) in [7, 11) is -3.93. The van der Waals surface area contributed by atoms with Crippen LogP contribution in [-0.2, 0) is 10.0 Å². The van der Waals surface area contributed by atoms with Gasteiger partial charge in [0.05, 0.1) is 0 Å². The van der Waals surface area contributed by atoms with Crippen molar-refractivity contribution in [2.75, 3.05) is 5.32 Å². The highest BCUT2D eigenvalue weighted by Crippen LogP contribution is 2.21. The molecule has 120 valence electrons. The van der Waals surface area contributed by atoms with E-state index < -0.39 is 21.8 Å². The summed E-state index contributed by atoms with van der Waals surface area (Å²) >= 11 is 3.03. The van der Waals surface area contributed by atoms with Crippen LogP contribution in [0.15, 0.2) is 45.9 Å². The molecule has 0 aliphatic heterocycles. The molecule has 10 heteroatoms. The molecule has 0 fully saturated rings. The third-order valence-electron chi connectivity index (χ3n) is 2.79. The molecule has 0 aliphatic rings. The van der Waals surface area contributed by atoms with Crippen LogP contribution in [0.4, 0.5) is 5.69 Å². The van der Waals surface area contributed by atoms with Gasteiger partial charge in [-0.2, -0.15) is 0 Å². The maximum Gasteiger partial charge on any atom is 0.274 e. The van der Waals surface area contributed by atoms with Crippen LogP contribution in [0.2, 0.25) is 0 Å². The minimum absolute atomic E-state index is 0.0109. The fourth-order valence-electron chi connectivity index (χ4n) is 1.66. The van der Waals surface area contributed by atoms with E-state index in [4.69, 9.17) is 10.9 Å². The lowest BCUT2D eigenvalue weighted by Gasteiger charge is -2.07. The van der Waals surface area contributed by atoms with E-state index >= 15 is 0 Å². The second-order valence-electron chi connectivity index (χ2n) is 4.44. The number of anilines is 1. The van der Waals surface area contributed by atoms with Gasteiger partial charge in [-0.25, -0.2) is 18.5 Å². The molecule has 0 spiro atoms. The van der Waals surface area contributed by atoms with Gasteiger partial charge in [0.1, 0.15) is 10.6 Å². The zero-order chi connectivity index (χ0) is 17.2. The van der Waals surface area contributed by atoms with E-state index in [1.165, 1.54) is 30.3 Å². The SMILES string of the molecule is NC(=O)c1ccc(NC(=O)c2cc(Br)c(S(N)(=O)=O)cn2)cc1. The van der Waals surface area contributed by atoms with Crippen molar-refractivity contribution in [3.05, 3.63) is 52.3 Å². The second-order valence-corrected chi connectivity index (χ2v) is 6.82. The Morgan fingerprint density at radius 1 is 1.17 bits per heavy atom. The van der Waals surface area contributed by atoms with Gasteiger partial charge in [0.25, 0.3) is 5.91 Å². The number of sulfonamides is 1. The minimum atomic E-state index is -3.93. The van der Waals surface area contributed by atoms with Crippen molar-refractivity contribution >= 4 is 43.5 Å². The quantitative estimate of drug-likeness (QED) is 0.698. The number of primary sulfonamides is 1. The summed E-state index contributed by atoms with van der Waals surface area (Å²) in [5.74, 6) is -1.13. The van der Waals surface area contributed by atoms with E-state index in [9.17, 15) is 18.0 Å². The Kier molecular flexibility index (Phi) is 4.78. The van der Waals surface area contributed by atoms with Crippen LogP contribution in [0.3, 0.4) is 0 Å². The van der Waals surface area contributed by atoms with Gasteiger partial charge in [0, 0.05) is 21.9 Å². The number of aromatic nitrogens is 1. The Bertz CT molecular complexity index is 881. The van der Waals surface area contributed by atoms with Gasteiger partial charge in [-0.15, -0.1) is 0 Å². The monoisotopic (exact) mass is 398 g/mol. The normalized spacial score (nSPS) is 11.0. The fourth-order valence-corrected chi connectivity index (χ4v) is 3.19. The van der Waals surface area contributed by atoms with Gasteiger partial charge in [0.2, 0.25) is 15.9 Å². The predicted molar refractivity (Wildman–Crippen MR) is 86.2 cm³/mol. The molecule has 2 rings (SSSR count). The van der Waals surface area contributed by atoms with Crippen LogP contribution in [0.1, 0.15) is 20.8 Å². The highest BCUT2D eigenvalue weighted by molar-refractivity contribution is 9.10. The Labute approximate surface area is 140 Å². The summed E-state index contributed by atoms with van der Waals surface area (Å²) in [6.45, 7) is 0. The summed E-state index contributed by atoms with van der Waals surface area (Å²) in [5.41, 5.74) is 5.84. The molecule has 1 heterocycles. The Hall–Kier alpha value is -2.30. The van der Waals surface area contributed by atoms with E-state index in [2.05, 4.69) is 26.2 Å². The molecule has 1 aromatic carbocycles. The first-order valence-corrected chi connectivity index (χ1v) is 8.42. The van der Waals surface area contributed by atoms with E-state index in [1.807, 2.05) is 0 Å². The number of hydrogen-bond acceptors (Lipinski definition) is 5. The molecule has 8 nitrogen and oxygen atoms in total. The topological polar surface area (TPSA) is 145 Å². The number of amides is 2. The molecule has 0 bridgehead atoms. The van der Waals surface area contributed by atoms with Gasteiger partial charge in [-0.1, -0.05) is 0 Å². The van der Waals surface area contributed by atoms with Gasteiger partial charge in [-0.05, 0) is 46.3 Å². The highest BCUT2D eigenvalue weighted by Gasteiger charge is 2.16. The Balaban J connectivity index is 2.21. The van der Waals surface area contributed by atoms with Crippen LogP contribution < -0.4 is 16.2 Å². The van der Waals surface area contributed by atoms with E-state index in [0.717, 1.165) is 6.20 Å². The van der Waals surface area contributed by atoms with Crippen LogP contribution in [-0.4, -0.2) is 25.2 Å². The molecule has 0 radical (unpaired) electrons. The third kappa shape index (κ3) is 4.12. The molecule has 23 heavy (non-hydrogen) atoms. The Morgan fingerprint density at radius 3 is 2.26 bits per heavy atom.